The van der Waals surface area contributed by atoms with Crippen LogP contribution in [-0.4, -0.2) is 44.5 Å². The second-order valence-electron chi connectivity index (χ2n) is 6.98. The maximum atomic E-state index is 12.9. The predicted molar refractivity (Wildman–Crippen MR) is 106 cm³/mol. The summed E-state index contributed by atoms with van der Waals surface area (Å²) in [7, 11) is 0. The molecular formula is C22H24N4O2. The van der Waals surface area contributed by atoms with Crippen LogP contribution in [0.3, 0.4) is 0 Å². The minimum absolute atomic E-state index is 0.0519. The Bertz CT molecular complexity index is 895. The zero-order valence-corrected chi connectivity index (χ0v) is 15.8. The van der Waals surface area contributed by atoms with Gasteiger partial charge in [0.25, 0.3) is 0 Å². The van der Waals surface area contributed by atoms with Crippen molar-refractivity contribution in [1.82, 2.24) is 19.4 Å². The van der Waals surface area contributed by atoms with Gasteiger partial charge in [-0.1, -0.05) is 36.4 Å². The molecule has 0 radical (unpaired) electrons. The lowest BCUT2D eigenvalue weighted by molar-refractivity contribution is -0.136. The van der Waals surface area contributed by atoms with Gasteiger partial charge < -0.3 is 14.2 Å². The average Bonchev–Trinajstić information content (AvgIpc) is 3.22. The van der Waals surface area contributed by atoms with Gasteiger partial charge in [-0.25, -0.2) is 4.98 Å². The SMILES string of the molecule is O=C(Cn1ccnc1-c1ccccc1)N1CCC[C@H](OCc2ccccn2)C1. The number of likely N-dealkylation sites (tertiary alicyclic amines) is 1. The Kier molecular flexibility index (Phi) is 5.77. The number of amides is 1. The summed E-state index contributed by atoms with van der Waals surface area (Å²) in [5.41, 5.74) is 1.92. The van der Waals surface area contributed by atoms with Crippen molar-refractivity contribution in [1.29, 1.82) is 0 Å². The molecular weight excluding hydrogens is 352 g/mol. The Morgan fingerprint density at radius 1 is 1.07 bits per heavy atom. The Morgan fingerprint density at radius 3 is 2.75 bits per heavy atom. The molecule has 6 heteroatoms. The number of hydrogen-bond acceptors (Lipinski definition) is 4. The zero-order chi connectivity index (χ0) is 19.2. The van der Waals surface area contributed by atoms with Gasteiger partial charge in [0.15, 0.2) is 0 Å². The van der Waals surface area contributed by atoms with E-state index in [4.69, 9.17) is 4.74 Å². The first-order valence-corrected chi connectivity index (χ1v) is 9.65. The van der Waals surface area contributed by atoms with Gasteiger partial charge in [-0.15, -0.1) is 0 Å². The van der Waals surface area contributed by atoms with Crippen LogP contribution in [0, 0.1) is 0 Å². The number of nitrogens with zero attached hydrogens (tertiary/aromatic N) is 4. The van der Waals surface area contributed by atoms with E-state index in [1.807, 2.05) is 64.2 Å². The Labute approximate surface area is 164 Å². The Hall–Kier alpha value is -2.99. The molecule has 3 heterocycles. The summed E-state index contributed by atoms with van der Waals surface area (Å²) >= 11 is 0. The van der Waals surface area contributed by atoms with Crippen LogP contribution in [0.25, 0.3) is 11.4 Å². The van der Waals surface area contributed by atoms with Crippen LogP contribution in [0.5, 0.6) is 0 Å². The van der Waals surface area contributed by atoms with Crippen LogP contribution in [0.1, 0.15) is 18.5 Å². The molecule has 1 fully saturated rings. The van der Waals surface area contributed by atoms with E-state index in [9.17, 15) is 4.79 Å². The number of piperidine rings is 1. The highest BCUT2D eigenvalue weighted by Gasteiger charge is 2.25. The van der Waals surface area contributed by atoms with E-state index >= 15 is 0 Å². The maximum absolute atomic E-state index is 12.9. The van der Waals surface area contributed by atoms with Crippen molar-refractivity contribution in [2.75, 3.05) is 13.1 Å². The normalized spacial score (nSPS) is 16.9. The number of aromatic nitrogens is 3. The van der Waals surface area contributed by atoms with E-state index in [1.54, 1.807) is 12.4 Å². The Morgan fingerprint density at radius 2 is 1.93 bits per heavy atom. The third-order valence-corrected chi connectivity index (χ3v) is 4.98. The fourth-order valence-corrected chi connectivity index (χ4v) is 3.52. The van der Waals surface area contributed by atoms with Crippen molar-refractivity contribution in [2.45, 2.75) is 32.1 Å². The van der Waals surface area contributed by atoms with Crippen LogP contribution >= 0.6 is 0 Å². The summed E-state index contributed by atoms with van der Waals surface area (Å²) in [5, 5.41) is 0. The number of imidazole rings is 1. The number of carbonyl (C=O) groups excluding carboxylic acids is 1. The molecule has 1 atom stereocenters. The molecule has 0 saturated carbocycles. The molecule has 0 aliphatic carbocycles. The lowest BCUT2D eigenvalue weighted by atomic mass is 10.1. The minimum atomic E-state index is 0.0519. The van der Waals surface area contributed by atoms with Crippen LogP contribution in [-0.2, 0) is 22.7 Å². The lowest BCUT2D eigenvalue weighted by Gasteiger charge is -2.33. The zero-order valence-electron chi connectivity index (χ0n) is 15.8. The molecule has 0 N–H and O–H groups in total. The number of carbonyl (C=O) groups is 1. The van der Waals surface area contributed by atoms with Crippen molar-refractivity contribution in [2.24, 2.45) is 0 Å². The van der Waals surface area contributed by atoms with Gasteiger partial charge in [-0.3, -0.25) is 9.78 Å². The first-order chi connectivity index (χ1) is 13.8. The highest BCUT2D eigenvalue weighted by atomic mass is 16.5. The fourth-order valence-electron chi connectivity index (χ4n) is 3.52. The van der Waals surface area contributed by atoms with E-state index in [0.29, 0.717) is 13.2 Å². The van der Waals surface area contributed by atoms with Gasteiger partial charge >= 0.3 is 0 Å². The number of hydrogen-bond donors (Lipinski definition) is 0. The summed E-state index contributed by atoms with van der Waals surface area (Å²) < 4.78 is 7.91. The molecule has 3 aromatic rings. The molecule has 2 aromatic heterocycles. The standard InChI is InChI=1S/C22H24N4O2/c27-21(16-26-14-12-24-22(26)18-7-2-1-3-8-18)25-13-6-10-20(15-25)28-17-19-9-4-5-11-23-19/h1-5,7-9,11-12,14,20H,6,10,13,15-17H2/t20-/m0/s1. The third-order valence-electron chi connectivity index (χ3n) is 4.98. The molecule has 1 amide bonds. The van der Waals surface area contributed by atoms with Crippen molar-refractivity contribution >= 4 is 5.91 Å². The van der Waals surface area contributed by atoms with Crippen molar-refractivity contribution in [3.05, 3.63) is 72.8 Å². The first-order valence-electron chi connectivity index (χ1n) is 9.65. The predicted octanol–water partition coefficient (Wildman–Crippen LogP) is 3.15. The van der Waals surface area contributed by atoms with Gasteiger partial charge in [-0.05, 0) is 25.0 Å². The molecule has 0 spiro atoms. The highest BCUT2D eigenvalue weighted by molar-refractivity contribution is 5.77. The van der Waals surface area contributed by atoms with Crippen molar-refractivity contribution in [3.63, 3.8) is 0 Å². The number of ether oxygens (including phenoxy) is 1. The molecule has 0 bridgehead atoms. The van der Waals surface area contributed by atoms with E-state index < -0.39 is 0 Å². The van der Waals surface area contributed by atoms with Gasteiger partial charge in [0, 0.05) is 37.2 Å². The van der Waals surface area contributed by atoms with Crippen LogP contribution < -0.4 is 0 Å². The molecule has 0 unspecified atom stereocenters. The fraction of sp³-hybridized carbons (Fsp3) is 0.318. The lowest BCUT2D eigenvalue weighted by Crippen LogP contribution is -2.44. The van der Waals surface area contributed by atoms with E-state index in [0.717, 1.165) is 36.5 Å². The largest absolute Gasteiger partial charge is 0.370 e. The summed E-state index contributed by atoms with van der Waals surface area (Å²) in [5.74, 6) is 0.912. The third kappa shape index (κ3) is 4.46. The molecule has 1 saturated heterocycles. The number of pyridine rings is 1. The summed E-state index contributed by atoms with van der Waals surface area (Å²) in [6.07, 6.45) is 7.34. The summed E-state index contributed by atoms with van der Waals surface area (Å²) in [6, 6.07) is 15.7. The maximum Gasteiger partial charge on any atom is 0.242 e. The van der Waals surface area contributed by atoms with E-state index in [2.05, 4.69) is 9.97 Å². The van der Waals surface area contributed by atoms with Crippen LogP contribution in [0.2, 0.25) is 0 Å². The molecule has 1 aromatic carbocycles. The van der Waals surface area contributed by atoms with Crippen molar-refractivity contribution in [3.8, 4) is 11.4 Å². The topological polar surface area (TPSA) is 60.2 Å². The minimum Gasteiger partial charge on any atom is -0.370 e. The van der Waals surface area contributed by atoms with E-state index in [-0.39, 0.29) is 18.6 Å². The quantitative estimate of drug-likeness (QED) is 0.663. The van der Waals surface area contributed by atoms with Gasteiger partial charge in [0.2, 0.25) is 5.91 Å². The second-order valence-corrected chi connectivity index (χ2v) is 6.98. The molecule has 1 aliphatic rings. The monoisotopic (exact) mass is 376 g/mol. The Balaban J connectivity index is 1.36. The molecule has 4 rings (SSSR count). The molecule has 1 aliphatic heterocycles. The van der Waals surface area contributed by atoms with Gasteiger partial charge in [-0.2, -0.15) is 0 Å². The average molecular weight is 376 g/mol. The van der Waals surface area contributed by atoms with Gasteiger partial charge in [0.05, 0.1) is 18.4 Å². The number of rotatable bonds is 6. The number of benzene rings is 1. The van der Waals surface area contributed by atoms with Crippen LogP contribution in [0.15, 0.2) is 67.1 Å². The second kappa shape index (κ2) is 8.80. The highest BCUT2D eigenvalue weighted by Crippen LogP contribution is 2.19. The van der Waals surface area contributed by atoms with Crippen molar-refractivity contribution < 1.29 is 9.53 Å². The summed E-state index contributed by atoms with van der Waals surface area (Å²) in [6.45, 7) is 2.17. The molecule has 28 heavy (non-hydrogen) atoms. The van der Waals surface area contributed by atoms with E-state index in [1.165, 1.54) is 0 Å². The van der Waals surface area contributed by atoms with Gasteiger partial charge in [0.1, 0.15) is 12.4 Å². The summed E-state index contributed by atoms with van der Waals surface area (Å²) in [4.78, 5) is 23.5. The smallest absolute Gasteiger partial charge is 0.242 e. The first kappa shape index (κ1) is 18.4. The molecule has 6 nitrogen and oxygen atoms in total. The van der Waals surface area contributed by atoms with Crippen LogP contribution in [0.4, 0.5) is 0 Å². The molecule has 144 valence electrons.